The van der Waals surface area contributed by atoms with Gasteiger partial charge in [-0.15, -0.1) is 0 Å². The minimum Gasteiger partial charge on any atom is -0.394 e. The van der Waals surface area contributed by atoms with Gasteiger partial charge >= 0.3 is 0 Å². The molecule has 2 unspecified atom stereocenters. The van der Waals surface area contributed by atoms with Gasteiger partial charge in [-0.2, -0.15) is 4.98 Å². The summed E-state index contributed by atoms with van der Waals surface area (Å²) in [5, 5.41) is 9.18. The number of halogens is 1. The number of ether oxygens (including phenoxy) is 1. The van der Waals surface area contributed by atoms with E-state index >= 15 is 0 Å². The Labute approximate surface area is 122 Å². The number of nitrogens with two attached hydrogens (primary N) is 1. The number of H-pyrrole nitrogens is 1. The molecule has 0 radical (unpaired) electrons. The van der Waals surface area contributed by atoms with Gasteiger partial charge in [0, 0.05) is 0 Å². The van der Waals surface area contributed by atoms with Crippen molar-refractivity contribution in [2.75, 3.05) is 12.3 Å². The summed E-state index contributed by atoms with van der Waals surface area (Å²) >= 11 is 3.59. The van der Waals surface area contributed by atoms with E-state index in [-0.39, 0.29) is 17.1 Å². The first kappa shape index (κ1) is 14.3. The zero-order valence-electron chi connectivity index (χ0n) is 10.5. The van der Waals surface area contributed by atoms with E-state index in [4.69, 9.17) is 14.7 Å². The van der Waals surface area contributed by atoms with Crippen molar-refractivity contribution in [2.45, 2.75) is 24.6 Å². The van der Waals surface area contributed by atoms with Gasteiger partial charge in [-0.05, 0) is 12.9 Å². The number of hydrogen-bond donors (Lipinski definition) is 4. The summed E-state index contributed by atoms with van der Waals surface area (Å²) in [5.41, 5.74) is 5.03. The fraction of sp³-hybridized carbons (Fsp3) is 0.500. The molecule has 0 spiro atoms. The van der Waals surface area contributed by atoms with E-state index in [1.807, 2.05) is 0 Å². The van der Waals surface area contributed by atoms with E-state index in [1.54, 1.807) is 0 Å². The summed E-state index contributed by atoms with van der Waals surface area (Å²) in [5.74, 6) is -0.122. The largest absolute Gasteiger partial charge is 0.394 e. The Morgan fingerprint density at radius 2 is 2.43 bits per heavy atom. The maximum Gasteiger partial charge on any atom is 0.280 e. The van der Waals surface area contributed by atoms with Crippen molar-refractivity contribution in [3.05, 3.63) is 16.7 Å². The van der Waals surface area contributed by atoms with Crippen LogP contribution < -0.4 is 11.3 Å². The molecule has 11 heteroatoms. The molecule has 3 rings (SSSR count). The molecule has 2 aromatic rings. The standard InChI is InChI=1S/C10H12FN5O4S/c11-4-6(20-21)3(1-17)19-9(4)16-2-13-5-7(16)14-10(12)15-8(5)18/h2-4,6,9,17,21H,1H2,(H3,12,14,15,18)/t3-,4?,6?,9-/m1/s1. The number of aromatic nitrogens is 4. The van der Waals surface area contributed by atoms with Gasteiger partial charge in [-0.3, -0.25) is 14.3 Å². The van der Waals surface area contributed by atoms with Crippen LogP contribution >= 0.6 is 12.9 Å². The van der Waals surface area contributed by atoms with E-state index in [1.165, 1.54) is 10.9 Å². The van der Waals surface area contributed by atoms with E-state index in [2.05, 4.69) is 27.9 Å². The molecular formula is C10H12FN5O4S. The molecular weight excluding hydrogens is 305 g/mol. The third-order valence-electron chi connectivity index (χ3n) is 3.29. The molecule has 9 nitrogen and oxygen atoms in total. The number of imidazole rings is 1. The number of aliphatic hydroxyl groups is 1. The minimum absolute atomic E-state index is 0.00999. The number of hydrogen-bond acceptors (Lipinski definition) is 8. The van der Waals surface area contributed by atoms with E-state index in [0.717, 1.165) is 0 Å². The lowest BCUT2D eigenvalue weighted by atomic mass is 10.1. The molecule has 114 valence electrons. The van der Waals surface area contributed by atoms with E-state index < -0.39 is 36.8 Å². The molecule has 4 atom stereocenters. The zero-order chi connectivity index (χ0) is 15.1. The monoisotopic (exact) mass is 317 g/mol. The quantitative estimate of drug-likeness (QED) is 0.429. The number of aliphatic hydroxyl groups excluding tert-OH is 1. The van der Waals surface area contributed by atoms with Gasteiger partial charge in [-0.25, -0.2) is 9.37 Å². The number of nitrogen functional groups attached to an aromatic ring is 1. The molecule has 0 amide bonds. The zero-order valence-corrected chi connectivity index (χ0v) is 11.4. The Morgan fingerprint density at radius 3 is 3.05 bits per heavy atom. The lowest BCUT2D eigenvalue weighted by Crippen LogP contribution is -2.31. The first-order valence-corrected chi connectivity index (χ1v) is 6.36. The first-order valence-electron chi connectivity index (χ1n) is 5.99. The van der Waals surface area contributed by atoms with Crippen molar-refractivity contribution in [3.63, 3.8) is 0 Å². The van der Waals surface area contributed by atoms with Crippen LogP contribution in [0.4, 0.5) is 10.3 Å². The Bertz CT molecular complexity index is 721. The molecule has 1 fully saturated rings. The van der Waals surface area contributed by atoms with E-state index in [9.17, 15) is 14.3 Å². The second-order valence-electron chi connectivity index (χ2n) is 4.54. The number of nitrogens with zero attached hydrogens (tertiary/aromatic N) is 3. The average Bonchev–Trinajstić information content (AvgIpc) is 2.99. The molecule has 1 aliphatic heterocycles. The molecule has 0 bridgehead atoms. The summed E-state index contributed by atoms with van der Waals surface area (Å²) in [6.45, 7) is -0.440. The third-order valence-corrected chi connectivity index (χ3v) is 3.54. The lowest BCUT2D eigenvalue weighted by Gasteiger charge is -2.15. The second-order valence-corrected chi connectivity index (χ2v) is 4.75. The third kappa shape index (κ3) is 2.18. The topological polar surface area (TPSA) is 128 Å². The highest BCUT2D eigenvalue weighted by atomic mass is 32.1. The van der Waals surface area contributed by atoms with Crippen LogP contribution in [-0.2, 0) is 8.92 Å². The SMILES string of the molecule is Nc1nc2c(ncn2[C@@H]2O[C@H](CO)C(OS)C2F)c(=O)[nH]1. The molecule has 0 saturated carbocycles. The summed E-state index contributed by atoms with van der Waals surface area (Å²) in [6.07, 6.45) is -3.50. The molecule has 1 saturated heterocycles. The molecule has 0 aliphatic carbocycles. The molecule has 2 aromatic heterocycles. The van der Waals surface area contributed by atoms with Crippen molar-refractivity contribution in [2.24, 2.45) is 0 Å². The maximum absolute atomic E-state index is 14.4. The predicted molar refractivity (Wildman–Crippen MR) is 72.3 cm³/mol. The minimum atomic E-state index is -1.63. The van der Waals surface area contributed by atoms with Crippen LogP contribution in [0.1, 0.15) is 6.23 Å². The Balaban J connectivity index is 2.07. The van der Waals surface area contributed by atoms with Crippen LogP contribution in [-0.4, -0.2) is 49.6 Å². The van der Waals surface area contributed by atoms with E-state index in [0.29, 0.717) is 0 Å². The Hall–Kier alpha value is -1.69. The summed E-state index contributed by atoms with van der Waals surface area (Å²) < 4.78 is 25.7. The summed E-state index contributed by atoms with van der Waals surface area (Å²) in [7, 11) is 0. The average molecular weight is 317 g/mol. The maximum atomic E-state index is 14.4. The van der Waals surface area contributed by atoms with Crippen LogP contribution in [0, 0.1) is 0 Å². The van der Waals surface area contributed by atoms with Gasteiger partial charge in [0.15, 0.2) is 23.6 Å². The lowest BCUT2D eigenvalue weighted by molar-refractivity contribution is -0.0420. The molecule has 21 heavy (non-hydrogen) atoms. The molecule has 4 N–H and O–H groups in total. The van der Waals surface area contributed by atoms with Crippen molar-refractivity contribution in [1.29, 1.82) is 0 Å². The highest BCUT2D eigenvalue weighted by Crippen LogP contribution is 2.35. The van der Waals surface area contributed by atoms with Gasteiger partial charge in [0.1, 0.15) is 12.2 Å². The summed E-state index contributed by atoms with van der Waals surface area (Å²) in [6, 6.07) is 0. The summed E-state index contributed by atoms with van der Waals surface area (Å²) in [4.78, 5) is 21.8. The molecule has 0 aromatic carbocycles. The van der Waals surface area contributed by atoms with Gasteiger partial charge in [0.2, 0.25) is 5.95 Å². The highest BCUT2D eigenvalue weighted by molar-refractivity contribution is 7.75. The van der Waals surface area contributed by atoms with Gasteiger partial charge in [0.25, 0.3) is 5.56 Å². The number of fused-ring (bicyclic) bond motifs is 1. The number of anilines is 1. The second kappa shape index (κ2) is 5.26. The van der Waals surface area contributed by atoms with Crippen LogP contribution in [0.5, 0.6) is 0 Å². The number of rotatable bonds is 3. The number of aromatic amines is 1. The van der Waals surface area contributed by atoms with Crippen molar-refractivity contribution in [3.8, 4) is 0 Å². The number of nitrogens with one attached hydrogen (secondary N) is 1. The van der Waals surface area contributed by atoms with Crippen molar-refractivity contribution >= 4 is 30.0 Å². The predicted octanol–water partition coefficient (Wildman–Crippen LogP) is -0.840. The first-order chi connectivity index (χ1) is 10.1. The fourth-order valence-corrected chi connectivity index (χ4v) is 2.57. The smallest absolute Gasteiger partial charge is 0.280 e. The van der Waals surface area contributed by atoms with Gasteiger partial charge < -0.3 is 19.8 Å². The molecule has 1 aliphatic rings. The molecule has 3 heterocycles. The van der Waals surface area contributed by atoms with Crippen LogP contribution in [0.15, 0.2) is 11.1 Å². The van der Waals surface area contributed by atoms with Gasteiger partial charge in [0.05, 0.1) is 12.9 Å². The number of alkyl halides is 1. The highest BCUT2D eigenvalue weighted by Gasteiger charge is 2.47. The Kier molecular flexibility index (Phi) is 3.57. The Morgan fingerprint density at radius 1 is 1.67 bits per heavy atom. The number of thiol groups is 1. The van der Waals surface area contributed by atoms with Crippen LogP contribution in [0.2, 0.25) is 0 Å². The van der Waals surface area contributed by atoms with Crippen molar-refractivity contribution in [1.82, 2.24) is 19.5 Å². The normalized spacial score (nSPS) is 29.3. The van der Waals surface area contributed by atoms with Gasteiger partial charge in [-0.1, -0.05) is 0 Å². The van der Waals surface area contributed by atoms with Crippen molar-refractivity contribution < 1.29 is 18.4 Å². The van der Waals surface area contributed by atoms with Crippen LogP contribution in [0.25, 0.3) is 11.2 Å². The fourth-order valence-electron chi connectivity index (χ4n) is 2.32. The van der Waals surface area contributed by atoms with Crippen LogP contribution in [0.3, 0.4) is 0 Å².